The molecule has 1 saturated heterocycles. The predicted molar refractivity (Wildman–Crippen MR) is 85.9 cm³/mol. The zero-order valence-electron chi connectivity index (χ0n) is 14.0. The lowest BCUT2D eigenvalue weighted by molar-refractivity contribution is -0.145. The van der Waals surface area contributed by atoms with Gasteiger partial charge in [0.2, 0.25) is 0 Å². The first-order valence-electron chi connectivity index (χ1n) is 7.41. The zero-order chi connectivity index (χ0) is 18.8. The molecular weight excluding hydrogens is 330 g/mol. The molecule has 134 valence electrons. The fraction of sp³-hybridized carbons (Fsp3) is 0.375. The van der Waals surface area contributed by atoms with Crippen molar-refractivity contribution in [1.82, 2.24) is 16.0 Å². The standard InChI is InChI=1S/C16H19N3O6/c1-15(8-25-3,13(22)23)18-11(20)9-4-6-10(7-5-9)16(2)12(21)17-14(24)19-16/h4-7H,8H2,1-3H3,(H,18,20)(H,22,23)(H2,17,19,21,24). The minimum Gasteiger partial charge on any atom is -0.479 e. The SMILES string of the molecule is COCC(C)(NC(=O)c1ccc(C2(C)NC(=O)NC2=O)cc1)C(=O)O. The van der Waals surface area contributed by atoms with E-state index in [1.165, 1.54) is 38.3 Å². The number of amides is 4. The Kier molecular flexibility index (Phi) is 4.80. The Morgan fingerprint density at radius 2 is 1.88 bits per heavy atom. The minimum atomic E-state index is -1.57. The van der Waals surface area contributed by atoms with E-state index in [9.17, 15) is 24.3 Å². The summed E-state index contributed by atoms with van der Waals surface area (Å²) in [5, 5.41) is 16.3. The summed E-state index contributed by atoms with van der Waals surface area (Å²) < 4.78 is 4.85. The van der Waals surface area contributed by atoms with Gasteiger partial charge < -0.3 is 20.5 Å². The van der Waals surface area contributed by atoms with E-state index in [2.05, 4.69) is 16.0 Å². The second-order valence-corrected chi connectivity index (χ2v) is 6.13. The summed E-state index contributed by atoms with van der Waals surface area (Å²) in [4.78, 5) is 46.9. The Morgan fingerprint density at radius 3 is 2.32 bits per heavy atom. The quantitative estimate of drug-likeness (QED) is 0.533. The van der Waals surface area contributed by atoms with Gasteiger partial charge in [0.1, 0.15) is 5.54 Å². The normalized spacial score (nSPS) is 21.9. The molecule has 0 radical (unpaired) electrons. The molecular formula is C16H19N3O6. The van der Waals surface area contributed by atoms with Crippen molar-refractivity contribution < 1.29 is 29.0 Å². The van der Waals surface area contributed by atoms with Crippen LogP contribution in [0.5, 0.6) is 0 Å². The molecule has 2 rings (SSSR count). The van der Waals surface area contributed by atoms with Crippen molar-refractivity contribution in [3.63, 3.8) is 0 Å². The second-order valence-electron chi connectivity index (χ2n) is 6.13. The maximum absolute atomic E-state index is 12.3. The Bertz CT molecular complexity index is 732. The van der Waals surface area contributed by atoms with Crippen LogP contribution in [0.2, 0.25) is 0 Å². The number of nitrogens with one attached hydrogen (secondary N) is 3. The molecule has 1 aromatic rings. The Balaban J connectivity index is 2.20. The molecule has 1 aliphatic rings. The van der Waals surface area contributed by atoms with Crippen molar-refractivity contribution in [1.29, 1.82) is 0 Å². The van der Waals surface area contributed by atoms with Gasteiger partial charge in [-0.2, -0.15) is 0 Å². The number of carbonyl (C=O) groups is 4. The van der Waals surface area contributed by atoms with Gasteiger partial charge >= 0.3 is 12.0 Å². The number of hydrogen-bond acceptors (Lipinski definition) is 5. The lowest BCUT2D eigenvalue weighted by Crippen LogP contribution is -2.55. The predicted octanol–water partition coefficient (Wildman–Crippen LogP) is -0.0393. The number of carbonyl (C=O) groups excluding carboxylic acids is 3. The molecule has 9 nitrogen and oxygen atoms in total. The van der Waals surface area contributed by atoms with Crippen molar-refractivity contribution >= 4 is 23.8 Å². The molecule has 0 aliphatic carbocycles. The number of aliphatic carboxylic acids is 1. The fourth-order valence-electron chi connectivity index (χ4n) is 2.46. The number of hydrogen-bond donors (Lipinski definition) is 4. The van der Waals surface area contributed by atoms with Crippen molar-refractivity contribution in [2.75, 3.05) is 13.7 Å². The number of rotatable bonds is 6. The van der Waals surface area contributed by atoms with Crippen LogP contribution in [0.4, 0.5) is 4.79 Å². The van der Waals surface area contributed by atoms with E-state index in [-0.39, 0.29) is 12.2 Å². The lowest BCUT2D eigenvalue weighted by atomic mass is 9.91. The van der Waals surface area contributed by atoms with E-state index in [4.69, 9.17) is 4.74 Å². The molecule has 1 heterocycles. The monoisotopic (exact) mass is 349 g/mol. The molecule has 1 aliphatic heterocycles. The van der Waals surface area contributed by atoms with Gasteiger partial charge in [0.25, 0.3) is 11.8 Å². The molecule has 4 N–H and O–H groups in total. The number of carboxylic acids is 1. The van der Waals surface area contributed by atoms with Gasteiger partial charge in [0.05, 0.1) is 6.61 Å². The van der Waals surface area contributed by atoms with Crippen molar-refractivity contribution in [2.24, 2.45) is 0 Å². The highest BCUT2D eigenvalue weighted by Gasteiger charge is 2.43. The highest BCUT2D eigenvalue weighted by molar-refractivity contribution is 6.07. The van der Waals surface area contributed by atoms with E-state index in [0.717, 1.165) is 0 Å². The van der Waals surface area contributed by atoms with Gasteiger partial charge in [0.15, 0.2) is 5.54 Å². The molecule has 4 amide bonds. The first kappa shape index (κ1) is 18.4. The highest BCUT2D eigenvalue weighted by atomic mass is 16.5. The average Bonchev–Trinajstić information content (AvgIpc) is 2.81. The fourth-order valence-corrected chi connectivity index (χ4v) is 2.46. The summed E-state index contributed by atoms with van der Waals surface area (Å²) in [5.41, 5.74) is -2.10. The lowest BCUT2D eigenvalue weighted by Gasteiger charge is -2.25. The van der Waals surface area contributed by atoms with E-state index < -0.39 is 34.9 Å². The molecule has 0 bridgehead atoms. The van der Waals surface area contributed by atoms with Crippen LogP contribution in [0.15, 0.2) is 24.3 Å². The number of imide groups is 1. The van der Waals surface area contributed by atoms with E-state index >= 15 is 0 Å². The highest BCUT2D eigenvalue weighted by Crippen LogP contribution is 2.24. The summed E-state index contributed by atoms with van der Waals surface area (Å²) >= 11 is 0. The summed E-state index contributed by atoms with van der Waals surface area (Å²) in [6.07, 6.45) is 0. The van der Waals surface area contributed by atoms with Gasteiger partial charge in [0, 0.05) is 12.7 Å². The molecule has 0 saturated carbocycles. The average molecular weight is 349 g/mol. The smallest absolute Gasteiger partial charge is 0.331 e. The zero-order valence-corrected chi connectivity index (χ0v) is 14.0. The van der Waals surface area contributed by atoms with Crippen molar-refractivity contribution in [3.8, 4) is 0 Å². The molecule has 0 aromatic heterocycles. The number of ether oxygens (including phenoxy) is 1. The van der Waals surface area contributed by atoms with Crippen LogP contribution >= 0.6 is 0 Å². The van der Waals surface area contributed by atoms with Gasteiger partial charge in [-0.3, -0.25) is 14.9 Å². The third-order valence-corrected chi connectivity index (χ3v) is 4.06. The number of carboxylic acid groups (broad SMARTS) is 1. The second kappa shape index (κ2) is 6.52. The first-order valence-corrected chi connectivity index (χ1v) is 7.41. The third kappa shape index (κ3) is 3.45. The Labute approximate surface area is 143 Å². The molecule has 2 unspecified atom stereocenters. The van der Waals surface area contributed by atoms with Crippen LogP contribution in [0.1, 0.15) is 29.8 Å². The summed E-state index contributed by atoms with van der Waals surface area (Å²) in [5.74, 6) is -2.32. The molecule has 1 aromatic carbocycles. The van der Waals surface area contributed by atoms with Crippen LogP contribution in [0.3, 0.4) is 0 Å². The number of urea groups is 1. The summed E-state index contributed by atoms with van der Waals surface area (Å²) in [6.45, 7) is 2.68. The summed E-state index contributed by atoms with van der Waals surface area (Å²) in [7, 11) is 1.34. The molecule has 0 spiro atoms. The first-order chi connectivity index (χ1) is 11.6. The number of benzene rings is 1. The van der Waals surface area contributed by atoms with Gasteiger partial charge in [-0.25, -0.2) is 9.59 Å². The van der Waals surface area contributed by atoms with Crippen molar-refractivity contribution in [3.05, 3.63) is 35.4 Å². The topological polar surface area (TPSA) is 134 Å². The number of methoxy groups -OCH3 is 1. The Hall–Kier alpha value is -2.94. The van der Waals surface area contributed by atoms with Crippen LogP contribution in [-0.4, -0.2) is 48.2 Å². The Morgan fingerprint density at radius 1 is 1.28 bits per heavy atom. The molecule has 2 atom stereocenters. The van der Waals surface area contributed by atoms with E-state index in [1.807, 2.05) is 0 Å². The van der Waals surface area contributed by atoms with Gasteiger partial charge in [-0.15, -0.1) is 0 Å². The maximum atomic E-state index is 12.3. The van der Waals surface area contributed by atoms with Crippen LogP contribution in [0, 0.1) is 0 Å². The van der Waals surface area contributed by atoms with Crippen LogP contribution < -0.4 is 16.0 Å². The van der Waals surface area contributed by atoms with Gasteiger partial charge in [-0.1, -0.05) is 12.1 Å². The van der Waals surface area contributed by atoms with Crippen LogP contribution in [-0.2, 0) is 19.9 Å². The third-order valence-electron chi connectivity index (χ3n) is 4.06. The molecule has 25 heavy (non-hydrogen) atoms. The molecule has 9 heteroatoms. The minimum absolute atomic E-state index is 0.198. The van der Waals surface area contributed by atoms with Crippen LogP contribution in [0.25, 0.3) is 0 Å². The van der Waals surface area contributed by atoms with E-state index in [1.54, 1.807) is 6.92 Å². The molecule has 1 fully saturated rings. The van der Waals surface area contributed by atoms with E-state index in [0.29, 0.717) is 5.56 Å². The maximum Gasteiger partial charge on any atom is 0.331 e. The largest absolute Gasteiger partial charge is 0.479 e. The summed E-state index contributed by atoms with van der Waals surface area (Å²) in [6, 6.07) is 5.35. The van der Waals surface area contributed by atoms with Crippen molar-refractivity contribution in [2.45, 2.75) is 24.9 Å². The van der Waals surface area contributed by atoms with Gasteiger partial charge in [-0.05, 0) is 31.5 Å².